The predicted octanol–water partition coefficient (Wildman–Crippen LogP) is 9.51. The molecule has 0 unspecified atom stereocenters. The molecule has 0 heterocycles. The highest BCUT2D eigenvalue weighted by Crippen LogP contribution is 2.12. The van der Waals surface area contributed by atoms with Crippen molar-refractivity contribution in [2.24, 2.45) is 0 Å². The largest absolute Gasteiger partial charge is 0.0654 e. The van der Waals surface area contributed by atoms with Crippen LogP contribution in [0.1, 0.15) is 111 Å². The quantitative estimate of drug-likeness (QED) is 0.181. The van der Waals surface area contributed by atoms with E-state index in [1.165, 1.54) is 88.2 Å². The van der Waals surface area contributed by atoms with E-state index in [0.717, 1.165) is 22.3 Å². The van der Waals surface area contributed by atoms with Gasteiger partial charge in [-0.2, -0.15) is 0 Å². The zero-order valence-electron chi connectivity index (χ0n) is 22.4. The standard InChI is InChI=1S/C36H42/c1-3-5-7-9-11-13-31-15-19-33(20-16-31)23-25-35-27-29-36(30-28-35)26-24-34-21-17-32(18-22-34)14-12-10-8-6-4-2/h15-22,27-30H,3-14H2,1-2H3. The van der Waals surface area contributed by atoms with Gasteiger partial charge in [0.15, 0.2) is 0 Å². The molecular formula is C36H42. The molecule has 0 aliphatic heterocycles. The minimum Gasteiger partial charge on any atom is -0.0654 e. The van der Waals surface area contributed by atoms with Crippen LogP contribution >= 0.6 is 0 Å². The second kappa shape index (κ2) is 16.5. The third-order valence-corrected chi connectivity index (χ3v) is 6.63. The molecule has 0 spiro atoms. The maximum absolute atomic E-state index is 3.29. The van der Waals surface area contributed by atoms with E-state index in [4.69, 9.17) is 0 Å². The minimum atomic E-state index is 1.02. The average molecular weight is 475 g/mol. The van der Waals surface area contributed by atoms with Gasteiger partial charge >= 0.3 is 0 Å². The Labute approximate surface area is 220 Å². The van der Waals surface area contributed by atoms with Crippen molar-refractivity contribution in [3.63, 3.8) is 0 Å². The van der Waals surface area contributed by atoms with Crippen molar-refractivity contribution in [2.45, 2.75) is 90.9 Å². The number of hydrogen-bond acceptors (Lipinski definition) is 0. The Bertz CT molecular complexity index is 1030. The molecule has 186 valence electrons. The Hall–Kier alpha value is -3.22. The van der Waals surface area contributed by atoms with Gasteiger partial charge in [-0.3, -0.25) is 0 Å². The summed E-state index contributed by atoms with van der Waals surface area (Å²) in [5.41, 5.74) is 7.00. The van der Waals surface area contributed by atoms with Gasteiger partial charge in [-0.05, 0) is 85.3 Å². The van der Waals surface area contributed by atoms with Crippen LogP contribution in [0.5, 0.6) is 0 Å². The molecule has 0 aromatic heterocycles. The SMILES string of the molecule is CCCCCCCc1ccc(C#Cc2ccc(C#Cc3ccc(CCCCCCC)cc3)cc2)cc1. The van der Waals surface area contributed by atoms with Crippen LogP contribution in [0.2, 0.25) is 0 Å². The van der Waals surface area contributed by atoms with E-state index in [0.29, 0.717) is 0 Å². The lowest BCUT2D eigenvalue weighted by atomic mass is 10.0. The number of aryl methyl sites for hydroxylation is 2. The average Bonchev–Trinajstić information content (AvgIpc) is 2.92. The summed E-state index contributed by atoms with van der Waals surface area (Å²) in [4.78, 5) is 0. The zero-order valence-corrected chi connectivity index (χ0v) is 22.4. The highest BCUT2D eigenvalue weighted by atomic mass is 14.0. The van der Waals surface area contributed by atoms with Gasteiger partial charge in [0.05, 0.1) is 0 Å². The Morgan fingerprint density at radius 1 is 0.361 bits per heavy atom. The van der Waals surface area contributed by atoms with E-state index < -0.39 is 0 Å². The van der Waals surface area contributed by atoms with Crippen LogP contribution in [0.3, 0.4) is 0 Å². The van der Waals surface area contributed by atoms with E-state index in [1.807, 2.05) is 0 Å². The first-order valence-electron chi connectivity index (χ1n) is 14.1. The highest BCUT2D eigenvalue weighted by Gasteiger charge is 1.96. The van der Waals surface area contributed by atoms with Crippen molar-refractivity contribution in [2.75, 3.05) is 0 Å². The zero-order chi connectivity index (χ0) is 25.3. The van der Waals surface area contributed by atoms with Gasteiger partial charge < -0.3 is 0 Å². The number of benzene rings is 3. The van der Waals surface area contributed by atoms with Crippen LogP contribution in [-0.4, -0.2) is 0 Å². The van der Waals surface area contributed by atoms with E-state index in [9.17, 15) is 0 Å². The van der Waals surface area contributed by atoms with Crippen molar-refractivity contribution in [3.05, 3.63) is 106 Å². The second-order valence-corrected chi connectivity index (χ2v) is 9.80. The Morgan fingerprint density at radius 2 is 0.639 bits per heavy atom. The van der Waals surface area contributed by atoms with Crippen molar-refractivity contribution in [1.29, 1.82) is 0 Å². The fourth-order valence-electron chi connectivity index (χ4n) is 4.30. The van der Waals surface area contributed by atoms with Gasteiger partial charge in [0.1, 0.15) is 0 Å². The van der Waals surface area contributed by atoms with Gasteiger partial charge in [-0.15, -0.1) is 0 Å². The lowest BCUT2D eigenvalue weighted by Gasteiger charge is -2.02. The number of rotatable bonds is 12. The smallest absolute Gasteiger partial charge is 0.0249 e. The summed E-state index contributed by atoms with van der Waals surface area (Å²) in [5, 5.41) is 0. The van der Waals surface area contributed by atoms with Crippen LogP contribution in [-0.2, 0) is 12.8 Å². The summed E-state index contributed by atoms with van der Waals surface area (Å²) < 4.78 is 0. The fraction of sp³-hybridized carbons (Fsp3) is 0.389. The van der Waals surface area contributed by atoms with Gasteiger partial charge in [0.25, 0.3) is 0 Å². The van der Waals surface area contributed by atoms with E-state index >= 15 is 0 Å². The van der Waals surface area contributed by atoms with Crippen LogP contribution in [0, 0.1) is 23.7 Å². The van der Waals surface area contributed by atoms with E-state index in [1.54, 1.807) is 0 Å². The molecule has 3 aromatic rings. The second-order valence-electron chi connectivity index (χ2n) is 9.80. The third kappa shape index (κ3) is 10.6. The summed E-state index contributed by atoms with van der Waals surface area (Å²) >= 11 is 0. The highest BCUT2D eigenvalue weighted by molar-refractivity contribution is 5.48. The van der Waals surface area contributed by atoms with Crippen molar-refractivity contribution < 1.29 is 0 Å². The predicted molar refractivity (Wildman–Crippen MR) is 156 cm³/mol. The first-order chi connectivity index (χ1) is 17.8. The summed E-state index contributed by atoms with van der Waals surface area (Å²) in [6, 6.07) is 25.7. The maximum Gasteiger partial charge on any atom is 0.0249 e. The number of hydrogen-bond donors (Lipinski definition) is 0. The number of unbranched alkanes of at least 4 members (excludes halogenated alkanes) is 8. The van der Waals surface area contributed by atoms with Crippen molar-refractivity contribution in [3.8, 4) is 23.7 Å². The molecule has 3 rings (SSSR count). The first kappa shape index (κ1) is 27.4. The molecule has 0 aliphatic carbocycles. The summed E-state index contributed by atoms with van der Waals surface area (Å²) in [7, 11) is 0. The molecule has 0 nitrogen and oxygen atoms in total. The Balaban J connectivity index is 1.46. The minimum absolute atomic E-state index is 1.02. The summed E-state index contributed by atoms with van der Waals surface area (Å²) in [6.45, 7) is 4.53. The molecule has 0 radical (unpaired) electrons. The van der Waals surface area contributed by atoms with Crippen LogP contribution in [0.25, 0.3) is 0 Å². The monoisotopic (exact) mass is 474 g/mol. The Kier molecular flexibility index (Phi) is 12.5. The fourth-order valence-corrected chi connectivity index (χ4v) is 4.30. The van der Waals surface area contributed by atoms with Crippen molar-refractivity contribution >= 4 is 0 Å². The molecular weight excluding hydrogens is 432 g/mol. The van der Waals surface area contributed by atoms with Gasteiger partial charge in [-0.1, -0.05) is 113 Å². The Morgan fingerprint density at radius 3 is 0.944 bits per heavy atom. The van der Waals surface area contributed by atoms with Gasteiger partial charge in [0.2, 0.25) is 0 Å². The molecule has 0 saturated carbocycles. The summed E-state index contributed by atoms with van der Waals surface area (Å²) in [6.07, 6.45) is 15.6. The topological polar surface area (TPSA) is 0 Å². The normalized spacial score (nSPS) is 10.3. The molecule has 0 saturated heterocycles. The molecule has 0 amide bonds. The van der Waals surface area contributed by atoms with Gasteiger partial charge in [0, 0.05) is 22.3 Å². The molecule has 0 heteroatoms. The molecule has 0 atom stereocenters. The van der Waals surface area contributed by atoms with E-state index in [-0.39, 0.29) is 0 Å². The van der Waals surface area contributed by atoms with Gasteiger partial charge in [-0.25, -0.2) is 0 Å². The molecule has 3 aromatic carbocycles. The van der Waals surface area contributed by atoms with Crippen LogP contribution in [0.15, 0.2) is 72.8 Å². The van der Waals surface area contributed by atoms with Crippen LogP contribution in [0.4, 0.5) is 0 Å². The molecule has 0 aliphatic rings. The molecule has 0 bridgehead atoms. The molecule has 0 N–H and O–H groups in total. The summed E-state index contributed by atoms with van der Waals surface area (Å²) in [5.74, 6) is 13.2. The third-order valence-electron chi connectivity index (χ3n) is 6.63. The van der Waals surface area contributed by atoms with Crippen molar-refractivity contribution in [1.82, 2.24) is 0 Å². The lowest BCUT2D eigenvalue weighted by molar-refractivity contribution is 0.632. The lowest BCUT2D eigenvalue weighted by Crippen LogP contribution is -1.87. The molecule has 36 heavy (non-hydrogen) atoms. The maximum atomic E-state index is 3.29. The van der Waals surface area contributed by atoms with E-state index in [2.05, 4.69) is 110 Å². The van der Waals surface area contributed by atoms with Crippen LogP contribution < -0.4 is 0 Å². The molecule has 0 fully saturated rings. The first-order valence-corrected chi connectivity index (χ1v) is 14.1.